The van der Waals surface area contributed by atoms with E-state index in [4.69, 9.17) is 0 Å². The average molecular weight is 434 g/mol. The van der Waals surface area contributed by atoms with E-state index in [9.17, 15) is 9.59 Å². The molecule has 2 heterocycles. The topological polar surface area (TPSA) is 56.4 Å². The summed E-state index contributed by atoms with van der Waals surface area (Å²) in [6, 6.07) is 8.13. The van der Waals surface area contributed by atoms with Crippen LogP contribution in [0.1, 0.15) is 57.9 Å². The molecule has 0 radical (unpaired) electrons. The molecule has 32 heavy (non-hydrogen) atoms. The number of H-pyrrole nitrogens is 1. The van der Waals surface area contributed by atoms with Crippen molar-refractivity contribution in [3.63, 3.8) is 0 Å². The number of rotatable bonds is 3. The summed E-state index contributed by atoms with van der Waals surface area (Å²) >= 11 is 0. The predicted octanol–water partition coefficient (Wildman–Crippen LogP) is 4.38. The van der Waals surface area contributed by atoms with Gasteiger partial charge in [-0.15, -0.1) is 0 Å². The van der Waals surface area contributed by atoms with Crippen molar-refractivity contribution < 1.29 is 9.59 Å². The van der Waals surface area contributed by atoms with Crippen LogP contribution >= 0.6 is 0 Å². The second kappa shape index (κ2) is 6.85. The fourth-order valence-electron chi connectivity index (χ4n) is 8.73. The summed E-state index contributed by atoms with van der Waals surface area (Å²) < 4.78 is 0. The highest BCUT2D eigenvalue weighted by atomic mass is 16.2. The normalized spacial score (nSPS) is 36.1. The molecule has 0 spiro atoms. The van der Waals surface area contributed by atoms with Crippen molar-refractivity contribution in [1.82, 2.24) is 14.8 Å². The summed E-state index contributed by atoms with van der Waals surface area (Å²) in [6.45, 7) is 7.52. The van der Waals surface area contributed by atoms with Crippen LogP contribution in [-0.2, 0) is 16.0 Å². The van der Waals surface area contributed by atoms with Crippen LogP contribution in [-0.4, -0.2) is 52.8 Å². The van der Waals surface area contributed by atoms with Crippen molar-refractivity contribution in [3.8, 4) is 0 Å². The van der Waals surface area contributed by atoms with Crippen molar-refractivity contribution in [2.75, 3.05) is 26.2 Å². The Labute approximate surface area is 190 Å². The van der Waals surface area contributed by atoms with Crippen LogP contribution in [0.2, 0.25) is 0 Å². The number of hydrogen-bond acceptors (Lipinski definition) is 2. The maximum atomic E-state index is 13.8. The number of nitrogens with one attached hydrogen (secondary N) is 1. The molecule has 4 saturated carbocycles. The molecule has 7 rings (SSSR count). The molecule has 170 valence electrons. The van der Waals surface area contributed by atoms with E-state index in [1.165, 1.54) is 19.3 Å². The number of carbonyl (C=O) groups is 2. The van der Waals surface area contributed by atoms with E-state index < -0.39 is 0 Å². The van der Waals surface area contributed by atoms with Crippen LogP contribution in [0.4, 0.5) is 0 Å². The first-order valence-corrected chi connectivity index (χ1v) is 12.4. The van der Waals surface area contributed by atoms with Gasteiger partial charge in [0.1, 0.15) is 0 Å². The van der Waals surface area contributed by atoms with Crippen LogP contribution < -0.4 is 0 Å². The Morgan fingerprint density at radius 1 is 0.938 bits per heavy atom. The third kappa shape index (κ3) is 3.19. The van der Waals surface area contributed by atoms with Crippen molar-refractivity contribution in [3.05, 3.63) is 36.0 Å². The number of nitrogens with zero attached hydrogens (tertiary/aromatic N) is 2. The number of aromatic amines is 1. The second-order valence-electron chi connectivity index (χ2n) is 12.1. The minimum atomic E-state index is -0.140. The molecule has 1 N–H and O–H groups in total. The molecule has 2 unspecified atom stereocenters. The summed E-state index contributed by atoms with van der Waals surface area (Å²) in [6.07, 6.45) is 9.53. The Morgan fingerprint density at radius 2 is 1.59 bits per heavy atom. The Morgan fingerprint density at radius 3 is 2.28 bits per heavy atom. The fraction of sp³-hybridized carbons (Fsp3) is 0.630. The summed E-state index contributed by atoms with van der Waals surface area (Å²) in [7, 11) is 0. The molecule has 5 aliphatic rings. The lowest BCUT2D eigenvalue weighted by Gasteiger charge is -2.65. The quantitative estimate of drug-likeness (QED) is 0.781. The van der Waals surface area contributed by atoms with Crippen LogP contribution in [0, 0.1) is 22.2 Å². The average Bonchev–Trinajstić information content (AvgIpc) is 3.13. The number of piperazine rings is 1. The molecule has 2 atom stereocenters. The van der Waals surface area contributed by atoms with Gasteiger partial charge in [-0.3, -0.25) is 9.59 Å². The number of amides is 2. The predicted molar refractivity (Wildman–Crippen MR) is 125 cm³/mol. The lowest BCUT2D eigenvalue weighted by molar-refractivity contribution is -0.181. The zero-order valence-corrected chi connectivity index (χ0v) is 19.5. The number of carbonyl (C=O) groups excluding carboxylic acids is 2. The maximum absolute atomic E-state index is 13.8. The van der Waals surface area contributed by atoms with Crippen LogP contribution in [0.25, 0.3) is 10.9 Å². The summed E-state index contributed by atoms with van der Waals surface area (Å²) in [5.74, 6) is 1.28. The lowest BCUT2D eigenvalue weighted by atomic mass is 9.40. The minimum Gasteiger partial charge on any atom is -0.361 e. The van der Waals surface area contributed by atoms with E-state index in [2.05, 4.69) is 29.8 Å². The Hall–Kier alpha value is -2.30. The Bertz CT molecular complexity index is 1060. The largest absolute Gasteiger partial charge is 0.361 e. The van der Waals surface area contributed by atoms with Gasteiger partial charge in [0.15, 0.2) is 0 Å². The SMILES string of the molecule is CC12CC3CC(C)(C1)CC(C(=O)N1CCN(C(=O)Cc4c[nH]c5ccccc45)CC1)(C3)C2. The van der Waals surface area contributed by atoms with Gasteiger partial charge in [-0.25, -0.2) is 0 Å². The Balaban J connectivity index is 1.12. The molecule has 2 aromatic rings. The fourth-order valence-corrected chi connectivity index (χ4v) is 8.73. The van der Waals surface area contributed by atoms with Gasteiger partial charge in [-0.05, 0) is 66.9 Å². The highest BCUT2D eigenvalue weighted by molar-refractivity contribution is 5.89. The number of hydrogen-bond donors (Lipinski definition) is 1. The van der Waals surface area contributed by atoms with E-state index in [0.29, 0.717) is 49.3 Å². The van der Waals surface area contributed by atoms with Gasteiger partial charge in [0.25, 0.3) is 0 Å². The molecular weight excluding hydrogens is 398 g/mol. The molecule has 4 bridgehead atoms. The van der Waals surface area contributed by atoms with E-state index in [1.54, 1.807) is 0 Å². The van der Waals surface area contributed by atoms with Gasteiger partial charge in [0, 0.05) is 43.3 Å². The standard InChI is InChI=1S/C27H35N3O2/c1-25-12-19-13-26(2,16-25)18-27(14-19,17-25)24(32)30-9-7-29(8-10-30)23(31)11-20-15-28-22-6-4-3-5-21(20)22/h3-6,15,19,28H,7-14,16-18H2,1-2H3. The van der Waals surface area contributed by atoms with Crippen molar-refractivity contribution in [1.29, 1.82) is 0 Å². The highest BCUT2D eigenvalue weighted by Gasteiger charge is 2.63. The third-order valence-corrected chi connectivity index (χ3v) is 9.02. The van der Waals surface area contributed by atoms with Crippen molar-refractivity contribution >= 4 is 22.7 Å². The Kier molecular flexibility index (Phi) is 4.35. The van der Waals surface area contributed by atoms with Gasteiger partial charge < -0.3 is 14.8 Å². The number of para-hydroxylation sites is 1. The second-order valence-corrected chi connectivity index (χ2v) is 12.1. The molecule has 5 fully saturated rings. The van der Waals surface area contributed by atoms with E-state index in [1.807, 2.05) is 29.3 Å². The van der Waals surface area contributed by atoms with Gasteiger partial charge in [-0.2, -0.15) is 0 Å². The number of fused-ring (bicyclic) bond motifs is 1. The van der Waals surface area contributed by atoms with Crippen LogP contribution in [0.15, 0.2) is 30.5 Å². The summed E-state index contributed by atoms with van der Waals surface area (Å²) in [5, 5.41) is 1.12. The first-order chi connectivity index (χ1) is 15.3. The molecule has 5 heteroatoms. The molecular formula is C27H35N3O2. The first kappa shape index (κ1) is 20.3. The minimum absolute atomic E-state index is 0.140. The van der Waals surface area contributed by atoms with Crippen molar-refractivity contribution in [2.45, 2.75) is 58.8 Å². The van der Waals surface area contributed by atoms with E-state index in [0.717, 1.165) is 41.6 Å². The summed E-state index contributed by atoms with van der Waals surface area (Å²) in [5.41, 5.74) is 2.68. The van der Waals surface area contributed by atoms with E-state index >= 15 is 0 Å². The first-order valence-electron chi connectivity index (χ1n) is 12.4. The zero-order chi connectivity index (χ0) is 22.1. The molecule has 5 nitrogen and oxygen atoms in total. The molecule has 2 amide bonds. The molecule has 1 saturated heterocycles. The van der Waals surface area contributed by atoms with Gasteiger partial charge in [0.05, 0.1) is 11.8 Å². The van der Waals surface area contributed by atoms with Gasteiger partial charge >= 0.3 is 0 Å². The van der Waals surface area contributed by atoms with Crippen LogP contribution in [0.5, 0.6) is 0 Å². The van der Waals surface area contributed by atoms with Crippen LogP contribution in [0.3, 0.4) is 0 Å². The number of benzene rings is 1. The molecule has 1 aromatic heterocycles. The van der Waals surface area contributed by atoms with E-state index in [-0.39, 0.29) is 11.3 Å². The highest BCUT2D eigenvalue weighted by Crippen LogP contribution is 2.69. The zero-order valence-electron chi connectivity index (χ0n) is 19.5. The van der Waals surface area contributed by atoms with Gasteiger partial charge in [-0.1, -0.05) is 32.0 Å². The maximum Gasteiger partial charge on any atom is 0.228 e. The molecule has 1 aromatic carbocycles. The lowest BCUT2D eigenvalue weighted by Crippen LogP contribution is -2.62. The third-order valence-electron chi connectivity index (χ3n) is 9.02. The number of aromatic nitrogens is 1. The smallest absolute Gasteiger partial charge is 0.228 e. The van der Waals surface area contributed by atoms with Crippen molar-refractivity contribution in [2.24, 2.45) is 22.2 Å². The summed E-state index contributed by atoms with van der Waals surface area (Å²) in [4.78, 5) is 34.1. The van der Waals surface area contributed by atoms with Gasteiger partial charge in [0.2, 0.25) is 11.8 Å². The molecule has 4 aliphatic carbocycles. The monoisotopic (exact) mass is 433 g/mol. The molecule has 1 aliphatic heterocycles.